The lowest BCUT2D eigenvalue weighted by Crippen LogP contribution is -2.04. The summed E-state index contributed by atoms with van der Waals surface area (Å²) in [5.41, 5.74) is 8.76. The minimum Gasteiger partial charge on any atom is -0.487 e. The van der Waals surface area contributed by atoms with Gasteiger partial charge < -0.3 is 14.9 Å². The quantitative estimate of drug-likeness (QED) is 0.790. The zero-order valence-electron chi connectivity index (χ0n) is 11.4. The van der Waals surface area contributed by atoms with Gasteiger partial charge in [0, 0.05) is 18.4 Å². The third-order valence-electron chi connectivity index (χ3n) is 3.21. The lowest BCUT2D eigenvalue weighted by atomic mass is 10.1. The molecule has 0 aliphatic rings. The molecule has 2 heterocycles. The molecule has 0 amide bonds. The Kier molecular flexibility index (Phi) is 3.39. The molecule has 0 unspecified atom stereocenters. The number of pyridine rings is 1. The van der Waals surface area contributed by atoms with Gasteiger partial charge in [-0.25, -0.2) is 4.98 Å². The van der Waals surface area contributed by atoms with E-state index in [4.69, 9.17) is 10.5 Å². The fourth-order valence-electron chi connectivity index (χ4n) is 2.08. The minimum atomic E-state index is 0.0440. The summed E-state index contributed by atoms with van der Waals surface area (Å²) >= 11 is 0. The van der Waals surface area contributed by atoms with E-state index in [2.05, 4.69) is 4.98 Å². The highest BCUT2D eigenvalue weighted by molar-refractivity contribution is 5.39. The van der Waals surface area contributed by atoms with Gasteiger partial charge in [-0.1, -0.05) is 18.2 Å². The Morgan fingerprint density at radius 2 is 2.00 bits per heavy atom. The number of ether oxygens (including phenoxy) is 1. The van der Waals surface area contributed by atoms with Crippen LogP contribution >= 0.6 is 0 Å². The van der Waals surface area contributed by atoms with E-state index in [-0.39, 0.29) is 6.04 Å². The van der Waals surface area contributed by atoms with Crippen molar-refractivity contribution < 1.29 is 4.74 Å². The van der Waals surface area contributed by atoms with Crippen LogP contribution < -0.4 is 10.5 Å². The maximum Gasteiger partial charge on any atom is 0.137 e. The molecule has 0 aliphatic heterocycles. The molecule has 0 radical (unpaired) electrons. The summed E-state index contributed by atoms with van der Waals surface area (Å²) in [6, 6.07) is 13.8. The first kappa shape index (κ1) is 12.7. The van der Waals surface area contributed by atoms with Crippen LogP contribution in [0.1, 0.15) is 24.2 Å². The van der Waals surface area contributed by atoms with Crippen molar-refractivity contribution in [3.63, 3.8) is 0 Å². The van der Waals surface area contributed by atoms with E-state index in [1.165, 1.54) is 0 Å². The molecular weight excluding hydrogens is 250 g/mol. The van der Waals surface area contributed by atoms with E-state index in [1.807, 2.05) is 66.2 Å². The van der Waals surface area contributed by atoms with Gasteiger partial charge in [-0.3, -0.25) is 0 Å². The summed E-state index contributed by atoms with van der Waals surface area (Å²) in [5.74, 6) is 0.825. The van der Waals surface area contributed by atoms with Gasteiger partial charge in [-0.15, -0.1) is 0 Å². The summed E-state index contributed by atoms with van der Waals surface area (Å²) in [6.07, 6.45) is 3.95. The average molecular weight is 267 g/mol. The average Bonchev–Trinajstić information content (AvgIpc) is 2.88. The van der Waals surface area contributed by atoms with Crippen LogP contribution in [-0.2, 0) is 6.61 Å². The Balaban J connectivity index is 1.69. The second-order valence-electron chi connectivity index (χ2n) is 4.84. The highest BCUT2D eigenvalue weighted by Crippen LogP contribution is 2.17. The molecule has 4 heteroatoms. The van der Waals surface area contributed by atoms with E-state index < -0.39 is 0 Å². The first-order valence-electron chi connectivity index (χ1n) is 6.63. The van der Waals surface area contributed by atoms with Gasteiger partial charge in [0.15, 0.2) is 0 Å². The Morgan fingerprint density at radius 3 is 2.70 bits per heavy atom. The molecule has 1 atom stereocenters. The molecule has 3 aromatic rings. The van der Waals surface area contributed by atoms with Crippen molar-refractivity contribution in [2.24, 2.45) is 5.73 Å². The van der Waals surface area contributed by atoms with E-state index >= 15 is 0 Å². The van der Waals surface area contributed by atoms with Crippen LogP contribution in [0.5, 0.6) is 5.75 Å². The van der Waals surface area contributed by atoms with Gasteiger partial charge in [0.05, 0.1) is 5.69 Å². The van der Waals surface area contributed by atoms with Crippen molar-refractivity contribution in [2.75, 3.05) is 0 Å². The Morgan fingerprint density at radius 1 is 1.20 bits per heavy atom. The molecule has 2 N–H and O–H groups in total. The van der Waals surface area contributed by atoms with Gasteiger partial charge >= 0.3 is 0 Å². The van der Waals surface area contributed by atoms with E-state index in [0.29, 0.717) is 6.61 Å². The number of nitrogens with two attached hydrogens (primary N) is 1. The highest BCUT2D eigenvalue weighted by Gasteiger charge is 2.03. The topological polar surface area (TPSA) is 52.5 Å². The van der Waals surface area contributed by atoms with Gasteiger partial charge in [-0.2, -0.15) is 0 Å². The second-order valence-corrected chi connectivity index (χ2v) is 4.84. The Hall–Kier alpha value is -2.33. The molecule has 0 bridgehead atoms. The van der Waals surface area contributed by atoms with Crippen molar-refractivity contribution in [1.29, 1.82) is 0 Å². The number of hydrogen-bond donors (Lipinski definition) is 1. The summed E-state index contributed by atoms with van der Waals surface area (Å²) in [4.78, 5) is 4.49. The molecule has 102 valence electrons. The summed E-state index contributed by atoms with van der Waals surface area (Å²) < 4.78 is 7.72. The van der Waals surface area contributed by atoms with Crippen LogP contribution in [0.15, 0.2) is 54.9 Å². The molecule has 2 aromatic heterocycles. The number of benzene rings is 1. The maximum absolute atomic E-state index is 5.82. The second kappa shape index (κ2) is 5.35. The first-order valence-corrected chi connectivity index (χ1v) is 6.63. The predicted molar refractivity (Wildman–Crippen MR) is 78.6 cm³/mol. The maximum atomic E-state index is 5.82. The lowest BCUT2D eigenvalue weighted by molar-refractivity contribution is 0.302. The minimum absolute atomic E-state index is 0.0440. The first-order chi connectivity index (χ1) is 9.72. The molecular formula is C16H17N3O. The molecule has 0 saturated carbocycles. The smallest absolute Gasteiger partial charge is 0.137 e. The van der Waals surface area contributed by atoms with Crippen LogP contribution in [0, 0.1) is 0 Å². The molecule has 0 fully saturated rings. The number of imidazole rings is 1. The number of aromatic nitrogens is 2. The van der Waals surface area contributed by atoms with Crippen LogP contribution in [0.3, 0.4) is 0 Å². The summed E-state index contributed by atoms with van der Waals surface area (Å²) in [5, 5.41) is 0. The number of rotatable bonds is 4. The summed E-state index contributed by atoms with van der Waals surface area (Å²) in [6.45, 7) is 2.42. The predicted octanol–water partition coefficient (Wildman–Crippen LogP) is 2.93. The Labute approximate surface area is 117 Å². The standard InChI is InChI=1S/C16H17N3O/c1-12(17)13-5-7-15(8-6-13)20-11-14-10-19-9-3-2-4-16(19)18-14/h2-10,12H,11,17H2,1H3/t12-/m1/s1. The van der Waals surface area contributed by atoms with Gasteiger partial charge in [0.25, 0.3) is 0 Å². The third kappa shape index (κ3) is 2.65. The van der Waals surface area contributed by atoms with Crippen molar-refractivity contribution in [2.45, 2.75) is 19.6 Å². The Bertz CT molecular complexity index is 668. The zero-order chi connectivity index (χ0) is 13.9. The summed E-state index contributed by atoms with van der Waals surface area (Å²) in [7, 11) is 0. The van der Waals surface area contributed by atoms with E-state index in [0.717, 1.165) is 22.7 Å². The van der Waals surface area contributed by atoms with E-state index in [1.54, 1.807) is 0 Å². The van der Waals surface area contributed by atoms with Crippen molar-refractivity contribution in [3.05, 3.63) is 66.1 Å². The monoisotopic (exact) mass is 267 g/mol. The van der Waals surface area contributed by atoms with Crippen LogP contribution in [0.2, 0.25) is 0 Å². The number of hydrogen-bond acceptors (Lipinski definition) is 3. The van der Waals surface area contributed by atoms with Gasteiger partial charge in [-0.05, 0) is 36.8 Å². The fourth-order valence-corrected chi connectivity index (χ4v) is 2.08. The molecule has 1 aromatic carbocycles. The molecule has 0 spiro atoms. The number of fused-ring (bicyclic) bond motifs is 1. The molecule has 3 rings (SSSR count). The SMILES string of the molecule is C[C@@H](N)c1ccc(OCc2cn3ccccc3n2)cc1. The molecule has 4 nitrogen and oxygen atoms in total. The van der Waals surface area contributed by atoms with Crippen LogP contribution in [0.25, 0.3) is 5.65 Å². The van der Waals surface area contributed by atoms with Gasteiger partial charge in [0.2, 0.25) is 0 Å². The largest absolute Gasteiger partial charge is 0.487 e. The molecule has 0 saturated heterocycles. The lowest BCUT2D eigenvalue weighted by Gasteiger charge is -2.07. The van der Waals surface area contributed by atoms with Crippen LogP contribution in [-0.4, -0.2) is 9.38 Å². The normalized spacial score (nSPS) is 12.5. The highest BCUT2D eigenvalue weighted by atomic mass is 16.5. The van der Waals surface area contributed by atoms with Crippen molar-refractivity contribution >= 4 is 5.65 Å². The fraction of sp³-hybridized carbons (Fsp3) is 0.188. The number of nitrogens with zero attached hydrogens (tertiary/aromatic N) is 2. The van der Waals surface area contributed by atoms with E-state index in [9.17, 15) is 0 Å². The van der Waals surface area contributed by atoms with Crippen molar-refractivity contribution in [3.8, 4) is 5.75 Å². The van der Waals surface area contributed by atoms with Gasteiger partial charge in [0.1, 0.15) is 18.0 Å². The zero-order valence-corrected chi connectivity index (χ0v) is 11.4. The van der Waals surface area contributed by atoms with Crippen molar-refractivity contribution in [1.82, 2.24) is 9.38 Å². The molecule has 20 heavy (non-hydrogen) atoms. The molecule has 0 aliphatic carbocycles. The van der Waals surface area contributed by atoms with Crippen LogP contribution in [0.4, 0.5) is 0 Å². The third-order valence-corrected chi connectivity index (χ3v) is 3.21.